The maximum atomic E-state index is 11.8. The van der Waals surface area contributed by atoms with Gasteiger partial charge in [0.05, 0.1) is 23.5 Å². The van der Waals surface area contributed by atoms with E-state index in [1.54, 1.807) is 35.6 Å². The molecule has 1 amide bonds. The van der Waals surface area contributed by atoms with Crippen molar-refractivity contribution >= 4 is 46.0 Å². The Morgan fingerprint density at radius 3 is 2.26 bits per heavy atom. The highest BCUT2D eigenvalue weighted by Gasteiger charge is 2.23. The number of carbonyl (C=O) groups is 2. The molecule has 4 N–H and O–H groups in total. The standard InChI is InChI=1S/C20H29N7O2.C8H5N5O/c1-20(2,3)29-19(28)24-8-13-4-6-15(7-5-13)21-9-14-10-22-18-17(14)27-12-25-26-16(27)11-23-18;14-3-5-1-9-8-7(5)13-4-11-12-6(13)2-10-8/h10-13,15,21-22H,4-9H2,1-3H3,(H,24,28);1-4,9H. The molecule has 1 saturated carbocycles. The molecular weight excluding hydrogens is 552 g/mol. The average molecular weight is 587 g/mol. The zero-order valence-corrected chi connectivity index (χ0v) is 24.2. The van der Waals surface area contributed by atoms with Crippen molar-refractivity contribution in [3.05, 3.63) is 48.6 Å². The largest absolute Gasteiger partial charge is 0.444 e. The van der Waals surface area contributed by atoms with Gasteiger partial charge in [-0.2, -0.15) is 0 Å². The van der Waals surface area contributed by atoms with Crippen molar-refractivity contribution in [3.8, 4) is 0 Å². The van der Waals surface area contributed by atoms with Crippen LogP contribution in [0.4, 0.5) is 4.79 Å². The van der Waals surface area contributed by atoms with Gasteiger partial charge in [0.2, 0.25) is 0 Å². The summed E-state index contributed by atoms with van der Waals surface area (Å²) in [5.74, 6) is 0.509. The van der Waals surface area contributed by atoms with Gasteiger partial charge >= 0.3 is 6.09 Å². The van der Waals surface area contributed by atoms with Crippen LogP contribution in [0.1, 0.15) is 62.4 Å². The monoisotopic (exact) mass is 586 g/mol. The van der Waals surface area contributed by atoms with E-state index in [1.807, 2.05) is 31.4 Å². The molecule has 0 saturated heterocycles. The van der Waals surface area contributed by atoms with Gasteiger partial charge in [0, 0.05) is 37.1 Å². The molecule has 6 aromatic heterocycles. The molecule has 6 heterocycles. The summed E-state index contributed by atoms with van der Waals surface area (Å²) >= 11 is 0. The first-order chi connectivity index (χ1) is 20.8. The molecule has 43 heavy (non-hydrogen) atoms. The fourth-order valence-electron chi connectivity index (χ4n) is 5.43. The van der Waals surface area contributed by atoms with E-state index in [9.17, 15) is 9.59 Å². The van der Waals surface area contributed by atoms with Gasteiger partial charge in [-0.3, -0.25) is 13.6 Å². The van der Waals surface area contributed by atoms with E-state index in [1.165, 1.54) is 0 Å². The number of aromatic nitrogens is 10. The molecule has 1 aliphatic carbocycles. The minimum absolute atomic E-state index is 0.328. The summed E-state index contributed by atoms with van der Waals surface area (Å²) in [5.41, 5.74) is 5.85. The van der Waals surface area contributed by atoms with Crippen LogP contribution in [0.2, 0.25) is 0 Å². The Labute approximate surface area is 245 Å². The van der Waals surface area contributed by atoms with Crippen molar-refractivity contribution in [3.63, 3.8) is 0 Å². The molecule has 15 heteroatoms. The number of aromatic amines is 2. The Kier molecular flexibility index (Phi) is 7.71. The van der Waals surface area contributed by atoms with Gasteiger partial charge < -0.3 is 25.3 Å². The second-order valence-electron chi connectivity index (χ2n) is 11.7. The Hall–Kier alpha value is -4.92. The molecule has 0 spiro atoms. The van der Waals surface area contributed by atoms with Crippen molar-refractivity contribution in [1.29, 1.82) is 0 Å². The number of hydrogen-bond acceptors (Lipinski definition) is 10. The molecule has 0 radical (unpaired) electrons. The van der Waals surface area contributed by atoms with Crippen LogP contribution in [0.3, 0.4) is 0 Å². The minimum atomic E-state index is -0.456. The second kappa shape index (κ2) is 11.8. The number of fused-ring (bicyclic) bond motifs is 6. The minimum Gasteiger partial charge on any atom is -0.444 e. The zero-order valence-electron chi connectivity index (χ0n) is 24.2. The van der Waals surface area contributed by atoms with Crippen LogP contribution in [0, 0.1) is 5.92 Å². The summed E-state index contributed by atoms with van der Waals surface area (Å²) in [7, 11) is 0. The van der Waals surface area contributed by atoms with Gasteiger partial charge in [-0.05, 0) is 52.4 Å². The highest BCUT2D eigenvalue weighted by Crippen LogP contribution is 2.25. The second-order valence-corrected chi connectivity index (χ2v) is 11.7. The average Bonchev–Trinajstić information content (AvgIpc) is 3.79. The van der Waals surface area contributed by atoms with Gasteiger partial charge in [-0.1, -0.05) is 0 Å². The lowest BCUT2D eigenvalue weighted by atomic mass is 9.86. The number of nitrogens with zero attached hydrogens (tertiary/aromatic N) is 8. The van der Waals surface area contributed by atoms with Gasteiger partial charge in [-0.15, -0.1) is 20.4 Å². The molecule has 1 fully saturated rings. The van der Waals surface area contributed by atoms with Crippen molar-refractivity contribution in [2.24, 2.45) is 5.92 Å². The number of carbonyl (C=O) groups excluding carboxylic acids is 2. The predicted molar refractivity (Wildman–Crippen MR) is 157 cm³/mol. The lowest BCUT2D eigenvalue weighted by Crippen LogP contribution is -2.38. The Bertz CT molecular complexity index is 1870. The summed E-state index contributed by atoms with van der Waals surface area (Å²) < 4.78 is 9.00. The lowest BCUT2D eigenvalue weighted by Gasteiger charge is -2.29. The third kappa shape index (κ3) is 6.16. The summed E-state index contributed by atoms with van der Waals surface area (Å²) in [4.78, 5) is 37.2. The van der Waals surface area contributed by atoms with E-state index in [-0.39, 0.29) is 6.09 Å². The SMILES string of the molecule is CC(C)(C)OC(=O)NCC1CCC(NCc2c[nH]c3ncc4nncn4c23)CC1.O=Cc1c[nH]c2ncc3nncn3c12. The lowest BCUT2D eigenvalue weighted by molar-refractivity contribution is 0.0514. The van der Waals surface area contributed by atoms with Crippen molar-refractivity contribution in [2.45, 2.75) is 64.6 Å². The predicted octanol–water partition coefficient (Wildman–Crippen LogP) is 3.20. The molecule has 1 aliphatic rings. The Morgan fingerprint density at radius 1 is 0.977 bits per heavy atom. The first-order valence-corrected chi connectivity index (χ1v) is 14.2. The number of H-pyrrole nitrogens is 2. The smallest absolute Gasteiger partial charge is 0.407 e. The summed E-state index contributed by atoms with van der Waals surface area (Å²) in [6, 6.07) is 0.478. The maximum Gasteiger partial charge on any atom is 0.407 e. The van der Waals surface area contributed by atoms with Crippen molar-refractivity contribution in [1.82, 2.24) is 59.8 Å². The summed E-state index contributed by atoms with van der Waals surface area (Å²) in [6.07, 6.45) is 15.1. The topological polar surface area (TPSA) is 185 Å². The molecule has 7 rings (SSSR count). The first kappa shape index (κ1) is 28.2. The van der Waals surface area contributed by atoms with Gasteiger partial charge in [0.25, 0.3) is 0 Å². The molecular formula is C28H34N12O3. The zero-order chi connectivity index (χ0) is 30.0. The van der Waals surface area contributed by atoms with Crippen LogP contribution in [-0.2, 0) is 11.3 Å². The highest BCUT2D eigenvalue weighted by atomic mass is 16.6. The quantitative estimate of drug-likeness (QED) is 0.211. The molecule has 0 unspecified atom stereocenters. The van der Waals surface area contributed by atoms with E-state index < -0.39 is 5.60 Å². The fourth-order valence-corrected chi connectivity index (χ4v) is 5.43. The fraction of sp³-hybridized carbons (Fsp3) is 0.429. The Morgan fingerprint density at radius 2 is 1.60 bits per heavy atom. The van der Waals surface area contributed by atoms with E-state index in [2.05, 4.69) is 51.0 Å². The maximum absolute atomic E-state index is 11.8. The molecule has 0 bridgehead atoms. The number of ether oxygens (including phenoxy) is 1. The van der Waals surface area contributed by atoms with Crippen LogP contribution in [0.25, 0.3) is 33.6 Å². The number of hydrogen-bond donors (Lipinski definition) is 4. The number of amides is 1. The van der Waals surface area contributed by atoms with Gasteiger partial charge in [0.15, 0.2) is 28.9 Å². The highest BCUT2D eigenvalue weighted by molar-refractivity contribution is 5.94. The van der Waals surface area contributed by atoms with Crippen LogP contribution in [0.5, 0.6) is 0 Å². The van der Waals surface area contributed by atoms with Crippen molar-refractivity contribution < 1.29 is 14.3 Å². The number of nitrogens with one attached hydrogen (secondary N) is 4. The van der Waals surface area contributed by atoms with E-state index in [0.717, 1.165) is 60.9 Å². The molecule has 0 atom stereocenters. The summed E-state index contributed by atoms with van der Waals surface area (Å²) in [6.45, 7) is 7.08. The number of rotatable bonds is 6. The third-order valence-electron chi connectivity index (χ3n) is 7.51. The first-order valence-electron chi connectivity index (χ1n) is 14.2. The molecule has 224 valence electrons. The Balaban J connectivity index is 0.000000195. The van der Waals surface area contributed by atoms with E-state index in [0.29, 0.717) is 40.9 Å². The molecule has 0 aliphatic heterocycles. The van der Waals surface area contributed by atoms with Crippen molar-refractivity contribution in [2.75, 3.05) is 6.54 Å². The van der Waals surface area contributed by atoms with Gasteiger partial charge in [0.1, 0.15) is 23.8 Å². The molecule has 6 aromatic rings. The number of alkyl carbamates (subject to hydrolysis) is 1. The third-order valence-corrected chi connectivity index (χ3v) is 7.51. The molecule has 0 aromatic carbocycles. The summed E-state index contributed by atoms with van der Waals surface area (Å²) in [5, 5.41) is 22.2. The van der Waals surface area contributed by atoms with E-state index in [4.69, 9.17) is 4.74 Å². The van der Waals surface area contributed by atoms with Crippen LogP contribution >= 0.6 is 0 Å². The number of aldehydes is 1. The van der Waals surface area contributed by atoms with Crippen LogP contribution in [0.15, 0.2) is 37.4 Å². The molecule has 15 nitrogen and oxygen atoms in total. The van der Waals surface area contributed by atoms with E-state index >= 15 is 0 Å². The van der Waals surface area contributed by atoms with Crippen LogP contribution in [-0.4, -0.2) is 79.7 Å². The van der Waals surface area contributed by atoms with Gasteiger partial charge in [-0.25, -0.2) is 14.8 Å². The van der Waals surface area contributed by atoms with Crippen LogP contribution < -0.4 is 10.6 Å². The normalized spacial score (nSPS) is 17.3.